The molecule has 5 nitrogen and oxygen atoms in total. The Bertz CT molecular complexity index is 817. The molecule has 0 aliphatic rings. The van der Waals surface area contributed by atoms with Crippen LogP contribution in [-0.2, 0) is 20.5 Å². The van der Waals surface area contributed by atoms with Crippen LogP contribution in [0.1, 0.15) is 15.9 Å². The number of halogens is 2. The molecule has 0 spiro atoms. The average molecular weight is 294 g/mol. The second-order valence-corrected chi connectivity index (χ2v) is 4.60. The van der Waals surface area contributed by atoms with Crippen molar-refractivity contribution in [2.24, 2.45) is 14.1 Å². The third kappa shape index (κ3) is 2.67. The largest absolute Gasteiger partial charge is 0.330 e. The van der Waals surface area contributed by atoms with Crippen molar-refractivity contribution in [2.75, 3.05) is 0 Å². The van der Waals surface area contributed by atoms with Crippen molar-refractivity contribution in [1.29, 1.82) is 0 Å². The minimum absolute atomic E-state index is 0.290. The van der Waals surface area contributed by atoms with Gasteiger partial charge in [0.25, 0.3) is 5.56 Å². The standard InChI is InChI=1S/C14H12F2N2O3/c1-17-7-9(13(20)18(2)14(17)21)12(19)6-8-10(15)4-3-5-11(8)16/h3-5,7H,6H2,1-2H3. The van der Waals surface area contributed by atoms with Gasteiger partial charge in [0.2, 0.25) is 0 Å². The third-order valence-electron chi connectivity index (χ3n) is 3.15. The molecule has 0 saturated carbocycles. The summed E-state index contributed by atoms with van der Waals surface area (Å²) in [5, 5.41) is 0. The van der Waals surface area contributed by atoms with Crippen LogP contribution in [0.15, 0.2) is 34.0 Å². The lowest BCUT2D eigenvalue weighted by atomic mass is 10.0. The SMILES string of the molecule is Cn1cc(C(=O)Cc2c(F)cccc2F)c(=O)n(C)c1=O. The molecule has 21 heavy (non-hydrogen) atoms. The Morgan fingerprint density at radius 2 is 1.71 bits per heavy atom. The summed E-state index contributed by atoms with van der Waals surface area (Å²) >= 11 is 0. The molecule has 0 fully saturated rings. The molecule has 0 bridgehead atoms. The summed E-state index contributed by atoms with van der Waals surface area (Å²) < 4.78 is 28.9. The van der Waals surface area contributed by atoms with Gasteiger partial charge in [0.15, 0.2) is 5.78 Å². The molecule has 1 aromatic carbocycles. The van der Waals surface area contributed by atoms with Crippen molar-refractivity contribution < 1.29 is 13.6 Å². The van der Waals surface area contributed by atoms with Crippen LogP contribution in [-0.4, -0.2) is 14.9 Å². The number of nitrogens with zero attached hydrogens (tertiary/aromatic N) is 2. The highest BCUT2D eigenvalue weighted by molar-refractivity contribution is 5.97. The van der Waals surface area contributed by atoms with Crippen LogP contribution in [0.3, 0.4) is 0 Å². The Morgan fingerprint density at radius 3 is 2.29 bits per heavy atom. The van der Waals surface area contributed by atoms with Crippen molar-refractivity contribution in [3.05, 3.63) is 68.0 Å². The average Bonchev–Trinajstić information content (AvgIpc) is 2.44. The summed E-state index contributed by atoms with van der Waals surface area (Å²) in [6.07, 6.45) is 0.484. The lowest BCUT2D eigenvalue weighted by Crippen LogP contribution is -2.39. The first-order valence-corrected chi connectivity index (χ1v) is 6.05. The van der Waals surface area contributed by atoms with Crippen molar-refractivity contribution in [1.82, 2.24) is 9.13 Å². The van der Waals surface area contributed by atoms with E-state index in [0.717, 1.165) is 27.5 Å². The summed E-state index contributed by atoms with van der Waals surface area (Å²) in [6, 6.07) is 3.25. The maximum Gasteiger partial charge on any atom is 0.330 e. The van der Waals surface area contributed by atoms with Gasteiger partial charge in [-0.1, -0.05) is 6.07 Å². The Kier molecular flexibility index (Phi) is 3.84. The molecular weight excluding hydrogens is 282 g/mol. The van der Waals surface area contributed by atoms with E-state index in [0.29, 0.717) is 0 Å². The highest BCUT2D eigenvalue weighted by Gasteiger charge is 2.18. The lowest BCUT2D eigenvalue weighted by Gasteiger charge is -2.07. The molecule has 2 aromatic rings. The maximum absolute atomic E-state index is 13.5. The van der Waals surface area contributed by atoms with Gasteiger partial charge in [-0.25, -0.2) is 13.6 Å². The third-order valence-corrected chi connectivity index (χ3v) is 3.15. The molecule has 1 heterocycles. The number of hydrogen-bond donors (Lipinski definition) is 0. The summed E-state index contributed by atoms with van der Waals surface area (Å²) in [5.41, 5.74) is -2.07. The van der Waals surface area contributed by atoms with Crippen LogP contribution in [0.25, 0.3) is 0 Å². The second kappa shape index (κ2) is 5.43. The van der Waals surface area contributed by atoms with Gasteiger partial charge in [-0.2, -0.15) is 0 Å². The fourth-order valence-corrected chi connectivity index (χ4v) is 1.96. The van der Waals surface area contributed by atoms with Gasteiger partial charge in [-0.15, -0.1) is 0 Å². The molecule has 7 heteroatoms. The zero-order chi connectivity index (χ0) is 15.7. The van der Waals surface area contributed by atoms with Crippen LogP contribution in [0.4, 0.5) is 8.78 Å². The van der Waals surface area contributed by atoms with E-state index >= 15 is 0 Å². The molecule has 0 atom stereocenters. The second-order valence-electron chi connectivity index (χ2n) is 4.60. The monoisotopic (exact) mass is 294 g/mol. The van der Waals surface area contributed by atoms with E-state index in [1.807, 2.05) is 0 Å². The molecule has 0 aliphatic heterocycles. The fraction of sp³-hybridized carbons (Fsp3) is 0.214. The highest BCUT2D eigenvalue weighted by atomic mass is 19.1. The van der Waals surface area contributed by atoms with Gasteiger partial charge in [0.1, 0.15) is 11.6 Å². The minimum Gasteiger partial charge on any atom is -0.303 e. The smallest absolute Gasteiger partial charge is 0.303 e. The Balaban J connectivity index is 2.48. The first kappa shape index (κ1) is 14.8. The summed E-state index contributed by atoms with van der Waals surface area (Å²) in [6.45, 7) is 0. The van der Waals surface area contributed by atoms with Gasteiger partial charge >= 0.3 is 5.69 Å². The van der Waals surface area contributed by atoms with Gasteiger partial charge in [-0.3, -0.25) is 14.2 Å². The number of Topliss-reactive ketones (excluding diaryl/α,β-unsaturated/α-hetero) is 1. The topological polar surface area (TPSA) is 61.1 Å². The van der Waals surface area contributed by atoms with Crippen molar-refractivity contribution in [3.8, 4) is 0 Å². The van der Waals surface area contributed by atoms with Crippen molar-refractivity contribution in [3.63, 3.8) is 0 Å². The normalized spacial score (nSPS) is 10.7. The molecule has 0 saturated heterocycles. The Hall–Kier alpha value is -2.57. The quantitative estimate of drug-likeness (QED) is 0.786. The van der Waals surface area contributed by atoms with E-state index in [-0.39, 0.29) is 5.56 Å². The number of aryl methyl sites for hydroxylation is 1. The van der Waals surface area contributed by atoms with Crippen LogP contribution >= 0.6 is 0 Å². The molecule has 0 N–H and O–H groups in total. The van der Waals surface area contributed by atoms with Crippen LogP contribution in [0.5, 0.6) is 0 Å². The first-order chi connectivity index (χ1) is 9.82. The van der Waals surface area contributed by atoms with Crippen LogP contribution in [0, 0.1) is 11.6 Å². The summed E-state index contributed by atoms with van der Waals surface area (Å²) in [4.78, 5) is 35.5. The first-order valence-electron chi connectivity index (χ1n) is 6.05. The molecule has 2 rings (SSSR count). The van der Waals surface area contributed by atoms with E-state index in [2.05, 4.69) is 0 Å². The summed E-state index contributed by atoms with van der Waals surface area (Å²) in [5.74, 6) is -2.47. The number of rotatable bonds is 3. The van der Waals surface area contributed by atoms with Crippen molar-refractivity contribution in [2.45, 2.75) is 6.42 Å². The number of benzene rings is 1. The van der Waals surface area contributed by atoms with Gasteiger partial charge in [-0.05, 0) is 12.1 Å². The zero-order valence-corrected chi connectivity index (χ0v) is 11.4. The van der Waals surface area contributed by atoms with Crippen LogP contribution in [0.2, 0.25) is 0 Å². The number of carbonyl (C=O) groups is 1. The molecule has 110 valence electrons. The van der Waals surface area contributed by atoms with Gasteiger partial charge in [0, 0.05) is 32.3 Å². The zero-order valence-electron chi connectivity index (χ0n) is 11.4. The predicted molar refractivity (Wildman–Crippen MR) is 71.3 cm³/mol. The van der Waals surface area contributed by atoms with Gasteiger partial charge < -0.3 is 4.57 Å². The molecule has 0 amide bonds. The van der Waals surface area contributed by atoms with E-state index in [1.165, 1.54) is 20.2 Å². The lowest BCUT2D eigenvalue weighted by molar-refractivity contribution is 0.0987. The number of aromatic nitrogens is 2. The number of hydrogen-bond acceptors (Lipinski definition) is 3. The highest BCUT2D eigenvalue weighted by Crippen LogP contribution is 2.14. The maximum atomic E-state index is 13.5. The van der Waals surface area contributed by atoms with E-state index in [1.54, 1.807) is 0 Å². The van der Waals surface area contributed by atoms with E-state index in [4.69, 9.17) is 0 Å². The van der Waals surface area contributed by atoms with E-state index < -0.39 is 40.7 Å². The van der Waals surface area contributed by atoms with Crippen molar-refractivity contribution >= 4 is 5.78 Å². The molecule has 0 aliphatic carbocycles. The fourth-order valence-electron chi connectivity index (χ4n) is 1.96. The molecule has 0 radical (unpaired) electrons. The Morgan fingerprint density at radius 1 is 1.14 bits per heavy atom. The molecular formula is C14H12F2N2O3. The summed E-state index contributed by atoms with van der Waals surface area (Å²) in [7, 11) is 2.60. The molecule has 0 unspecified atom stereocenters. The van der Waals surface area contributed by atoms with E-state index in [9.17, 15) is 23.2 Å². The Labute approximate surface area is 118 Å². The number of carbonyl (C=O) groups excluding carboxylic acids is 1. The minimum atomic E-state index is -0.856. The van der Waals surface area contributed by atoms with Gasteiger partial charge in [0.05, 0.1) is 5.56 Å². The predicted octanol–water partition coefficient (Wildman–Crippen LogP) is 0.788. The molecule has 1 aromatic heterocycles. The van der Waals surface area contributed by atoms with Crippen LogP contribution < -0.4 is 11.2 Å². The number of ketones is 1.